The minimum Gasteiger partial charge on any atom is -0.219 e. The molecule has 1 aromatic rings. The van der Waals surface area contributed by atoms with Gasteiger partial charge in [-0.15, -0.1) is 0 Å². The normalized spacial score (nSPS) is 12.1. The molecule has 0 radical (unpaired) electrons. The molecule has 0 saturated carbocycles. The van der Waals surface area contributed by atoms with Crippen LogP contribution in [0.1, 0.15) is 13.3 Å². The number of sulfone groups is 1. The first-order chi connectivity index (χ1) is 6.17. The molecule has 1 rings (SSSR count). The van der Waals surface area contributed by atoms with Crippen molar-refractivity contribution < 1.29 is 8.42 Å². The van der Waals surface area contributed by atoms with Gasteiger partial charge in [-0.3, -0.25) is 0 Å². The van der Waals surface area contributed by atoms with E-state index in [2.05, 4.69) is 0 Å². The molecule has 0 bridgehead atoms. The fraction of sp³-hybridized carbons (Fsp3) is 0.200. The van der Waals surface area contributed by atoms with Crippen LogP contribution >= 0.6 is 0 Å². The van der Waals surface area contributed by atoms with Gasteiger partial charge >= 0.3 is 0 Å². The van der Waals surface area contributed by atoms with Crippen LogP contribution in [0.5, 0.6) is 0 Å². The Bertz CT molecular complexity index is 377. The van der Waals surface area contributed by atoms with Gasteiger partial charge < -0.3 is 0 Å². The zero-order chi connectivity index (χ0) is 9.73. The second-order valence-corrected chi connectivity index (χ2v) is 4.47. The maximum absolute atomic E-state index is 11.5. The maximum atomic E-state index is 11.5. The number of rotatable bonds is 3. The average Bonchev–Trinajstić information content (AvgIpc) is 2.16. The number of allylic oxidation sites excluding steroid dienone is 1. The predicted molar refractivity (Wildman–Crippen MR) is 53.1 cm³/mol. The third kappa shape index (κ3) is 2.70. The molecule has 13 heavy (non-hydrogen) atoms. The summed E-state index contributed by atoms with van der Waals surface area (Å²) in [5, 5.41) is 1.25. The highest BCUT2D eigenvalue weighted by molar-refractivity contribution is 7.94. The first-order valence-corrected chi connectivity index (χ1v) is 5.68. The molecule has 2 nitrogen and oxygen atoms in total. The van der Waals surface area contributed by atoms with E-state index in [-0.39, 0.29) is 0 Å². The topological polar surface area (TPSA) is 34.1 Å². The van der Waals surface area contributed by atoms with Crippen molar-refractivity contribution in [1.82, 2.24) is 0 Å². The standard InChI is InChI=1S/C10H12O2S/c1-2-3-9-13(11,12)10-7-5-4-6-8-10/h3-9H,2H2,1H3/b9-3+. The number of benzene rings is 1. The third-order valence-electron chi connectivity index (χ3n) is 1.58. The average molecular weight is 196 g/mol. The zero-order valence-electron chi connectivity index (χ0n) is 7.47. The van der Waals surface area contributed by atoms with Crippen molar-refractivity contribution in [3.05, 3.63) is 41.8 Å². The van der Waals surface area contributed by atoms with Crippen molar-refractivity contribution >= 4 is 9.84 Å². The van der Waals surface area contributed by atoms with Crippen LogP contribution in [0.25, 0.3) is 0 Å². The third-order valence-corrected chi connectivity index (χ3v) is 3.06. The van der Waals surface area contributed by atoms with E-state index in [9.17, 15) is 8.42 Å². The van der Waals surface area contributed by atoms with Crippen LogP contribution in [0, 0.1) is 0 Å². The largest absolute Gasteiger partial charge is 0.219 e. The highest BCUT2D eigenvalue weighted by atomic mass is 32.2. The Labute approximate surface area is 78.8 Å². The number of hydrogen-bond donors (Lipinski definition) is 0. The van der Waals surface area contributed by atoms with Crippen molar-refractivity contribution in [1.29, 1.82) is 0 Å². The Morgan fingerprint density at radius 2 is 1.85 bits per heavy atom. The van der Waals surface area contributed by atoms with Gasteiger partial charge in [0, 0.05) is 5.41 Å². The van der Waals surface area contributed by atoms with Crippen LogP contribution < -0.4 is 0 Å². The van der Waals surface area contributed by atoms with Gasteiger partial charge in [-0.05, 0) is 18.6 Å². The molecule has 0 atom stereocenters. The Balaban J connectivity index is 3.02. The molecule has 0 unspecified atom stereocenters. The smallest absolute Gasteiger partial charge is 0.199 e. The van der Waals surface area contributed by atoms with Gasteiger partial charge in [-0.2, -0.15) is 0 Å². The molecule has 0 aliphatic heterocycles. The lowest BCUT2D eigenvalue weighted by Crippen LogP contribution is -1.94. The van der Waals surface area contributed by atoms with Crippen LogP contribution in [0.2, 0.25) is 0 Å². The van der Waals surface area contributed by atoms with Crippen LogP contribution in [0.15, 0.2) is 46.7 Å². The van der Waals surface area contributed by atoms with E-state index in [4.69, 9.17) is 0 Å². The molecular formula is C10H12O2S. The quantitative estimate of drug-likeness (QED) is 0.743. The molecule has 0 heterocycles. The Morgan fingerprint density at radius 1 is 1.23 bits per heavy atom. The fourth-order valence-electron chi connectivity index (χ4n) is 0.912. The van der Waals surface area contributed by atoms with E-state index < -0.39 is 9.84 Å². The Morgan fingerprint density at radius 3 is 2.38 bits per heavy atom. The van der Waals surface area contributed by atoms with Crippen molar-refractivity contribution in [3.63, 3.8) is 0 Å². The summed E-state index contributed by atoms with van der Waals surface area (Å²) < 4.78 is 23.0. The van der Waals surface area contributed by atoms with E-state index in [0.29, 0.717) is 4.90 Å². The van der Waals surface area contributed by atoms with Crippen molar-refractivity contribution in [2.24, 2.45) is 0 Å². The van der Waals surface area contributed by atoms with Crippen molar-refractivity contribution in [2.45, 2.75) is 18.2 Å². The predicted octanol–water partition coefficient (Wildman–Crippen LogP) is 2.38. The summed E-state index contributed by atoms with van der Waals surface area (Å²) in [5.41, 5.74) is 0. The summed E-state index contributed by atoms with van der Waals surface area (Å²) in [5.74, 6) is 0. The molecular weight excluding hydrogens is 184 g/mol. The van der Waals surface area contributed by atoms with E-state index >= 15 is 0 Å². The summed E-state index contributed by atoms with van der Waals surface area (Å²) in [4.78, 5) is 0.347. The van der Waals surface area contributed by atoms with Crippen molar-refractivity contribution in [2.75, 3.05) is 0 Å². The lowest BCUT2D eigenvalue weighted by molar-refractivity contribution is 0.604. The molecule has 0 aromatic heterocycles. The minimum absolute atomic E-state index is 0.347. The van der Waals surface area contributed by atoms with Gasteiger partial charge in [0.2, 0.25) is 0 Å². The van der Waals surface area contributed by atoms with Gasteiger partial charge in [0.05, 0.1) is 4.90 Å². The zero-order valence-corrected chi connectivity index (χ0v) is 8.29. The van der Waals surface area contributed by atoms with E-state index in [1.807, 2.05) is 6.92 Å². The second-order valence-electron chi connectivity index (χ2n) is 2.64. The molecule has 0 amide bonds. The fourth-order valence-corrected chi connectivity index (χ4v) is 2.05. The summed E-state index contributed by atoms with van der Waals surface area (Å²) in [7, 11) is -3.20. The van der Waals surface area contributed by atoms with Gasteiger partial charge in [0.25, 0.3) is 0 Å². The maximum Gasteiger partial charge on any atom is 0.199 e. The van der Waals surface area contributed by atoms with E-state index in [1.165, 1.54) is 5.41 Å². The summed E-state index contributed by atoms with van der Waals surface area (Å²) in [6, 6.07) is 8.41. The molecule has 0 aliphatic carbocycles. The summed E-state index contributed by atoms with van der Waals surface area (Å²) in [6.07, 6.45) is 2.37. The summed E-state index contributed by atoms with van der Waals surface area (Å²) >= 11 is 0. The van der Waals surface area contributed by atoms with Crippen molar-refractivity contribution in [3.8, 4) is 0 Å². The van der Waals surface area contributed by atoms with Crippen LogP contribution in [-0.2, 0) is 9.84 Å². The van der Waals surface area contributed by atoms with Gasteiger partial charge in [-0.25, -0.2) is 8.42 Å². The second kappa shape index (κ2) is 4.23. The molecule has 0 spiro atoms. The van der Waals surface area contributed by atoms with Crippen LogP contribution in [0.4, 0.5) is 0 Å². The molecule has 3 heteroatoms. The van der Waals surface area contributed by atoms with Gasteiger partial charge in [-0.1, -0.05) is 31.2 Å². The van der Waals surface area contributed by atoms with Gasteiger partial charge in [0.15, 0.2) is 9.84 Å². The lowest BCUT2D eigenvalue weighted by atomic mass is 10.4. The highest BCUT2D eigenvalue weighted by Gasteiger charge is 2.07. The lowest BCUT2D eigenvalue weighted by Gasteiger charge is -1.96. The molecule has 0 saturated heterocycles. The summed E-state index contributed by atoms with van der Waals surface area (Å²) in [6.45, 7) is 1.90. The minimum atomic E-state index is -3.20. The molecule has 0 N–H and O–H groups in total. The number of hydrogen-bond acceptors (Lipinski definition) is 2. The van der Waals surface area contributed by atoms with Crippen LogP contribution in [0.3, 0.4) is 0 Å². The monoisotopic (exact) mass is 196 g/mol. The van der Waals surface area contributed by atoms with E-state index in [0.717, 1.165) is 6.42 Å². The molecule has 0 aliphatic rings. The van der Waals surface area contributed by atoms with Gasteiger partial charge in [0.1, 0.15) is 0 Å². The Kier molecular flexibility index (Phi) is 3.25. The molecule has 1 aromatic carbocycles. The molecule has 0 fully saturated rings. The van der Waals surface area contributed by atoms with Crippen LogP contribution in [-0.4, -0.2) is 8.42 Å². The van der Waals surface area contributed by atoms with E-state index in [1.54, 1.807) is 36.4 Å². The highest BCUT2D eigenvalue weighted by Crippen LogP contribution is 2.10. The SMILES string of the molecule is CC/C=C/S(=O)(=O)c1ccccc1. The molecule has 70 valence electrons. The first kappa shape index (κ1) is 9.99. The first-order valence-electron chi connectivity index (χ1n) is 4.13. The Hall–Kier alpha value is -1.09.